The summed E-state index contributed by atoms with van der Waals surface area (Å²) in [4.78, 5) is 14.0. The van der Waals surface area contributed by atoms with Gasteiger partial charge in [0.15, 0.2) is 0 Å². The smallest absolute Gasteiger partial charge is 0.318 e. The summed E-state index contributed by atoms with van der Waals surface area (Å²) in [6.45, 7) is 4.78. The van der Waals surface area contributed by atoms with Gasteiger partial charge in [-0.25, -0.2) is 4.79 Å². The molecule has 0 bridgehead atoms. The summed E-state index contributed by atoms with van der Waals surface area (Å²) in [5, 5.41) is 3.69. The van der Waals surface area contributed by atoms with Crippen LogP contribution in [0.2, 0.25) is 5.02 Å². The van der Waals surface area contributed by atoms with E-state index in [1.807, 2.05) is 43.0 Å². The molecule has 1 saturated heterocycles. The van der Waals surface area contributed by atoms with Crippen LogP contribution < -0.4 is 5.32 Å². The molecule has 0 aromatic heterocycles. The molecule has 2 rings (SSSR count). The topological polar surface area (TPSA) is 32.3 Å². The van der Waals surface area contributed by atoms with Crippen molar-refractivity contribution in [2.24, 2.45) is 0 Å². The molecule has 2 amide bonds. The fourth-order valence-electron chi connectivity index (χ4n) is 2.37. The van der Waals surface area contributed by atoms with Crippen molar-refractivity contribution in [3.8, 4) is 0 Å². The molecule has 98 valence electrons. The second kappa shape index (κ2) is 5.61. The number of hydrogen-bond acceptors (Lipinski definition) is 1. The summed E-state index contributed by atoms with van der Waals surface area (Å²) in [6.07, 6.45) is 2.08. The minimum atomic E-state index is 0.0300. The Bertz CT molecular complexity index is 416. The van der Waals surface area contributed by atoms with E-state index >= 15 is 0 Å². The maximum absolute atomic E-state index is 12.1. The minimum Gasteiger partial charge on any atom is -0.336 e. The highest BCUT2D eigenvalue weighted by atomic mass is 35.5. The number of carbonyl (C=O) groups excluding carboxylic acids is 1. The molecular formula is C14H19ClN2O. The average molecular weight is 267 g/mol. The predicted molar refractivity (Wildman–Crippen MR) is 73.8 cm³/mol. The molecule has 1 fully saturated rings. The highest BCUT2D eigenvalue weighted by Crippen LogP contribution is 2.32. The van der Waals surface area contributed by atoms with Gasteiger partial charge in [0.05, 0.1) is 6.04 Å². The van der Waals surface area contributed by atoms with E-state index in [-0.39, 0.29) is 18.1 Å². The Labute approximate surface area is 113 Å². The van der Waals surface area contributed by atoms with Crippen LogP contribution in [0.5, 0.6) is 0 Å². The van der Waals surface area contributed by atoms with Crippen molar-refractivity contribution in [2.75, 3.05) is 6.54 Å². The Morgan fingerprint density at radius 3 is 2.67 bits per heavy atom. The molecule has 1 atom stereocenters. The van der Waals surface area contributed by atoms with Crippen molar-refractivity contribution >= 4 is 17.6 Å². The quantitative estimate of drug-likeness (QED) is 0.872. The number of hydrogen-bond donors (Lipinski definition) is 1. The summed E-state index contributed by atoms with van der Waals surface area (Å²) >= 11 is 5.89. The van der Waals surface area contributed by atoms with Gasteiger partial charge in [-0.05, 0) is 44.4 Å². The highest BCUT2D eigenvalue weighted by Gasteiger charge is 2.29. The number of urea groups is 1. The van der Waals surface area contributed by atoms with Gasteiger partial charge >= 0.3 is 6.03 Å². The number of halogens is 1. The molecule has 1 N–H and O–H groups in total. The number of nitrogens with one attached hydrogen (secondary N) is 1. The van der Waals surface area contributed by atoms with Crippen molar-refractivity contribution in [3.05, 3.63) is 34.9 Å². The first-order valence-corrected chi connectivity index (χ1v) is 6.78. The third-order valence-electron chi connectivity index (χ3n) is 3.18. The van der Waals surface area contributed by atoms with Crippen LogP contribution in [-0.4, -0.2) is 23.5 Å². The van der Waals surface area contributed by atoms with Gasteiger partial charge in [-0.3, -0.25) is 0 Å². The lowest BCUT2D eigenvalue weighted by atomic mass is 10.1. The maximum Gasteiger partial charge on any atom is 0.318 e. The van der Waals surface area contributed by atoms with Crippen LogP contribution in [0, 0.1) is 0 Å². The van der Waals surface area contributed by atoms with Crippen LogP contribution in [0.4, 0.5) is 4.79 Å². The molecular weight excluding hydrogens is 248 g/mol. The van der Waals surface area contributed by atoms with Crippen molar-refractivity contribution < 1.29 is 4.79 Å². The van der Waals surface area contributed by atoms with Crippen LogP contribution in [0.3, 0.4) is 0 Å². The van der Waals surface area contributed by atoms with Crippen molar-refractivity contribution in [2.45, 2.75) is 38.8 Å². The van der Waals surface area contributed by atoms with Gasteiger partial charge in [0.2, 0.25) is 0 Å². The standard InChI is InChI=1S/C14H19ClN2O/c1-10(2)16-14(18)17-9-3-4-13(17)11-5-7-12(15)8-6-11/h5-8,10,13H,3-4,9H2,1-2H3,(H,16,18)/t13-/m1/s1. The summed E-state index contributed by atoms with van der Waals surface area (Å²) in [7, 11) is 0. The highest BCUT2D eigenvalue weighted by molar-refractivity contribution is 6.30. The van der Waals surface area contributed by atoms with Crippen molar-refractivity contribution in [1.82, 2.24) is 10.2 Å². The number of nitrogens with zero attached hydrogens (tertiary/aromatic N) is 1. The average Bonchev–Trinajstić information content (AvgIpc) is 2.78. The molecule has 18 heavy (non-hydrogen) atoms. The van der Waals surface area contributed by atoms with E-state index in [0.29, 0.717) is 0 Å². The van der Waals surface area contributed by atoms with E-state index < -0.39 is 0 Å². The summed E-state index contributed by atoms with van der Waals surface area (Å²) in [6, 6.07) is 8.16. The van der Waals surface area contributed by atoms with Gasteiger partial charge in [-0.1, -0.05) is 23.7 Å². The normalized spacial score (nSPS) is 19.3. The van der Waals surface area contributed by atoms with Crippen LogP contribution in [0.15, 0.2) is 24.3 Å². The monoisotopic (exact) mass is 266 g/mol. The summed E-state index contributed by atoms with van der Waals surface area (Å²) in [5.74, 6) is 0. The Hall–Kier alpha value is -1.22. The van der Waals surface area contributed by atoms with Gasteiger partial charge in [0.25, 0.3) is 0 Å². The van der Waals surface area contributed by atoms with E-state index in [1.54, 1.807) is 0 Å². The molecule has 1 aromatic rings. The number of benzene rings is 1. The lowest BCUT2D eigenvalue weighted by molar-refractivity contribution is 0.190. The largest absolute Gasteiger partial charge is 0.336 e. The van der Waals surface area contributed by atoms with Crippen molar-refractivity contribution in [3.63, 3.8) is 0 Å². The van der Waals surface area contributed by atoms with Gasteiger partial charge in [-0.2, -0.15) is 0 Å². The molecule has 1 heterocycles. The zero-order valence-electron chi connectivity index (χ0n) is 10.8. The summed E-state index contributed by atoms with van der Waals surface area (Å²) < 4.78 is 0. The lowest BCUT2D eigenvalue weighted by Crippen LogP contribution is -2.42. The molecule has 0 saturated carbocycles. The van der Waals surface area contributed by atoms with Gasteiger partial charge < -0.3 is 10.2 Å². The van der Waals surface area contributed by atoms with Crippen LogP contribution in [0.25, 0.3) is 0 Å². The second-order valence-corrected chi connectivity index (χ2v) is 5.44. The van der Waals surface area contributed by atoms with E-state index in [2.05, 4.69) is 5.32 Å². The first kappa shape index (κ1) is 13.2. The van der Waals surface area contributed by atoms with Crippen LogP contribution >= 0.6 is 11.6 Å². The van der Waals surface area contributed by atoms with Gasteiger partial charge in [0, 0.05) is 17.6 Å². The maximum atomic E-state index is 12.1. The fraction of sp³-hybridized carbons (Fsp3) is 0.500. The molecule has 1 aromatic carbocycles. The third-order valence-corrected chi connectivity index (χ3v) is 3.43. The second-order valence-electron chi connectivity index (χ2n) is 5.01. The van der Waals surface area contributed by atoms with Gasteiger partial charge in [-0.15, -0.1) is 0 Å². The predicted octanol–water partition coefficient (Wildman–Crippen LogP) is 3.59. The van der Waals surface area contributed by atoms with Crippen LogP contribution in [0.1, 0.15) is 38.3 Å². The molecule has 1 aliphatic rings. The fourth-order valence-corrected chi connectivity index (χ4v) is 2.50. The molecule has 0 aliphatic carbocycles. The summed E-state index contributed by atoms with van der Waals surface area (Å²) in [5.41, 5.74) is 1.16. The SMILES string of the molecule is CC(C)NC(=O)N1CCC[C@@H]1c1ccc(Cl)cc1. The zero-order chi connectivity index (χ0) is 13.1. The van der Waals surface area contributed by atoms with E-state index in [1.165, 1.54) is 0 Å². The first-order chi connectivity index (χ1) is 8.58. The number of carbonyl (C=O) groups is 1. The van der Waals surface area contributed by atoms with Crippen LogP contribution in [-0.2, 0) is 0 Å². The third kappa shape index (κ3) is 2.96. The molecule has 0 unspecified atom stereocenters. The Balaban J connectivity index is 2.12. The lowest BCUT2D eigenvalue weighted by Gasteiger charge is -2.26. The van der Waals surface area contributed by atoms with E-state index in [0.717, 1.165) is 30.0 Å². The first-order valence-electron chi connectivity index (χ1n) is 6.40. The number of rotatable bonds is 2. The molecule has 0 spiro atoms. The molecule has 3 nitrogen and oxygen atoms in total. The van der Waals surface area contributed by atoms with E-state index in [9.17, 15) is 4.79 Å². The zero-order valence-corrected chi connectivity index (χ0v) is 11.6. The Morgan fingerprint density at radius 2 is 2.06 bits per heavy atom. The van der Waals surface area contributed by atoms with E-state index in [4.69, 9.17) is 11.6 Å². The number of amides is 2. The van der Waals surface area contributed by atoms with Crippen molar-refractivity contribution in [1.29, 1.82) is 0 Å². The Morgan fingerprint density at radius 1 is 1.39 bits per heavy atom. The molecule has 0 radical (unpaired) electrons. The van der Waals surface area contributed by atoms with Gasteiger partial charge in [0.1, 0.15) is 0 Å². The molecule has 1 aliphatic heterocycles. The number of likely N-dealkylation sites (tertiary alicyclic amines) is 1. The minimum absolute atomic E-state index is 0.0300. The molecule has 4 heteroatoms. The Kier molecular flexibility index (Phi) is 4.12.